The van der Waals surface area contributed by atoms with Crippen LogP contribution in [0.3, 0.4) is 0 Å². The van der Waals surface area contributed by atoms with Crippen molar-refractivity contribution >= 4 is 11.9 Å². The Morgan fingerprint density at radius 1 is 1.38 bits per heavy atom. The fraction of sp³-hybridized carbons (Fsp3) is 0.722. The van der Waals surface area contributed by atoms with Crippen molar-refractivity contribution in [2.45, 2.75) is 40.5 Å². The summed E-state index contributed by atoms with van der Waals surface area (Å²) in [6.07, 6.45) is 1.38. The number of amides is 1. The van der Waals surface area contributed by atoms with Gasteiger partial charge in [0.1, 0.15) is 0 Å². The zero-order valence-electron chi connectivity index (χ0n) is 15.6. The first kappa shape index (κ1) is 18.5. The minimum atomic E-state index is -0.163. The molecule has 0 radical (unpaired) electrons. The van der Waals surface area contributed by atoms with Gasteiger partial charge in [0, 0.05) is 31.7 Å². The van der Waals surface area contributed by atoms with Crippen LogP contribution in [0, 0.1) is 31.6 Å². The Morgan fingerprint density at radius 2 is 2.04 bits per heavy atom. The summed E-state index contributed by atoms with van der Waals surface area (Å²) in [6.45, 7) is 9.26. The third-order valence-corrected chi connectivity index (χ3v) is 5.31. The molecule has 0 unspecified atom stereocenters. The van der Waals surface area contributed by atoms with Crippen LogP contribution in [0.2, 0.25) is 0 Å². The van der Waals surface area contributed by atoms with E-state index in [2.05, 4.69) is 5.10 Å². The molecule has 6 nitrogen and oxygen atoms in total. The maximum atomic E-state index is 12.8. The monoisotopic (exact) mass is 335 g/mol. The molecule has 1 aromatic rings. The second-order valence-electron chi connectivity index (χ2n) is 7.06. The van der Waals surface area contributed by atoms with Gasteiger partial charge in [0.25, 0.3) is 0 Å². The molecular weight excluding hydrogens is 306 g/mol. The molecule has 2 rings (SSSR count). The van der Waals surface area contributed by atoms with Crippen molar-refractivity contribution in [2.75, 3.05) is 20.2 Å². The Bertz CT molecular complexity index is 623. The van der Waals surface area contributed by atoms with Crippen LogP contribution < -0.4 is 0 Å². The van der Waals surface area contributed by atoms with Gasteiger partial charge in [0.15, 0.2) is 0 Å². The molecule has 0 saturated carbocycles. The third-order valence-electron chi connectivity index (χ3n) is 5.31. The van der Waals surface area contributed by atoms with E-state index < -0.39 is 0 Å². The van der Waals surface area contributed by atoms with Crippen LogP contribution in [0.15, 0.2) is 0 Å². The topological polar surface area (TPSA) is 64.4 Å². The Hall–Kier alpha value is -1.85. The van der Waals surface area contributed by atoms with E-state index in [1.54, 1.807) is 0 Å². The smallest absolute Gasteiger partial charge is 0.309 e. The molecule has 2 heterocycles. The van der Waals surface area contributed by atoms with E-state index in [-0.39, 0.29) is 29.6 Å². The van der Waals surface area contributed by atoms with Crippen molar-refractivity contribution in [3.63, 3.8) is 0 Å². The predicted molar refractivity (Wildman–Crippen MR) is 91.4 cm³/mol. The highest BCUT2D eigenvalue weighted by Gasteiger charge is 2.35. The molecule has 24 heavy (non-hydrogen) atoms. The van der Waals surface area contributed by atoms with Gasteiger partial charge in [-0.1, -0.05) is 13.8 Å². The molecule has 1 aliphatic rings. The molecule has 0 N–H and O–H groups in total. The quantitative estimate of drug-likeness (QED) is 0.788. The second kappa shape index (κ2) is 7.36. The lowest BCUT2D eigenvalue weighted by Crippen LogP contribution is -2.47. The van der Waals surface area contributed by atoms with E-state index in [9.17, 15) is 9.59 Å². The van der Waals surface area contributed by atoms with Gasteiger partial charge < -0.3 is 9.64 Å². The van der Waals surface area contributed by atoms with Gasteiger partial charge in [-0.2, -0.15) is 5.10 Å². The van der Waals surface area contributed by atoms with Crippen LogP contribution in [0.1, 0.15) is 37.2 Å². The second-order valence-corrected chi connectivity index (χ2v) is 7.06. The number of hydrogen-bond acceptors (Lipinski definition) is 4. The van der Waals surface area contributed by atoms with Crippen molar-refractivity contribution in [1.29, 1.82) is 0 Å². The highest BCUT2D eigenvalue weighted by Crippen LogP contribution is 2.26. The van der Waals surface area contributed by atoms with Gasteiger partial charge in [-0.3, -0.25) is 14.3 Å². The first-order valence-corrected chi connectivity index (χ1v) is 8.61. The van der Waals surface area contributed by atoms with Crippen LogP contribution in [0.4, 0.5) is 0 Å². The highest BCUT2D eigenvalue weighted by atomic mass is 16.5. The Kier molecular flexibility index (Phi) is 5.67. The standard InChI is InChI=1S/C18H29N3O3/c1-11(9-16-13(3)19-20(5)14(16)4)17(22)21-8-7-15(12(2)10-21)18(23)24-6/h11-12,15H,7-10H2,1-6H3/t11-,12+,15-/m1/s1. The van der Waals surface area contributed by atoms with E-state index in [4.69, 9.17) is 4.74 Å². The summed E-state index contributed by atoms with van der Waals surface area (Å²) in [6, 6.07) is 0. The molecule has 1 aliphatic heterocycles. The normalized spacial score (nSPS) is 22.3. The largest absolute Gasteiger partial charge is 0.469 e. The maximum Gasteiger partial charge on any atom is 0.309 e. The van der Waals surface area contributed by atoms with Crippen molar-refractivity contribution in [2.24, 2.45) is 24.8 Å². The van der Waals surface area contributed by atoms with Crippen molar-refractivity contribution in [3.05, 3.63) is 17.0 Å². The molecular formula is C18H29N3O3. The molecule has 1 saturated heterocycles. The van der Waals surface area contributed by atoms with Crippen molar-refractivity contribution in [3.8, 4) is 0 Å². The van der Waals surface area contributed by atoms with Gasteiger partial charge in [0.2, 0.25) is 5.91 Å². The summed E-state index contributed by atoms with van der Waals surface area (Å²) in [5.74, 6) is -0.0630. The lowest BCUT2D eigenvalue weighted by Gasteiger charge is -2.36. The first-order chi connectivity index (χ1) is 11.3. The number of piperidine rings is 1. The number of carbonyl (C=O) groups is 2. The zero-order chi connectivity index (χ0) is 18.0. The number of aromatic nitrogens is 2. The van der Waals surface area contributed by atoms with Crippen LogP contribution >= 0.6 is 0 Å². The van der Waals surface area contributed by atoms with Gasteiger partial charge in [-0.15, -0.1) is 0 Å². The van der Waals surface area contributed by atoms with Crippen molar-refractivity contribution in [1.82, 2.24) is 14.7 Å². The highest BCUT2D eigenvalue weighted by molar-refractivity contribution is 5.79. The van der Waals surface area contributed by atoms with Crippen LogP contribution in [0.5, 0.6) is 0 Å². The molecule has 134 valence electrons. The number of carbonyl (C=O) groups excluding carboxylic acids is 2. The first-order valence-electron chi connectivity index (χ1n) is 8.61. The van der Waals surface area contributed by atoms with E-state index in [1.807, 2.05) is 44.3 Å². The van der Waals surface area contributed by atoms with Gasteiger partial charge in [-0.05, 0) is 38.2 Å². The number of aryl methyl sites for hydroxylation is 2. The van der Waals surface area contributed by atoms with Gasteiger partial charge >= 0.3 is 5.97 Å². The lowest BCUT2D eigenvalue weighted by molar-refractivity contribution is -0.152. The zero-order valence-corrected chi connectivity index (χ0v) is 15.6. The van der Waals surface area contributed by atoms with Gasteiger partial charge in [-0.25, -0.2) is 0 Å². The number of rotatable bonds is 4. The number of ether oxygens (including phenoxy) is 1. The Labute approximate surface area is 144 Å². The lowest BCUT2D eigenvalue weighted by atomic mass is 9.86. The molecule has 0 aliphatic carbocycles. The minimum absolute atomic E-state index is 0.0894. The third kappa shape index (κ3) is 3.62. The average molecular weight is 335 g/mol. The summed E-state index contributed by atoms with van der Waals surface area (Å²) in [5.41, 5.74) is 3.27. The van der Waals surface area contributed by atoms with E-state index >= 15 is 0 Å². The number of hydrogen-bond donors (Lipinski definition) is 0. The maximum absolute atomic E-state index is 12.8. The fourth-order valence-electron chi connectivity index (χ4n) is 3.67. The van der Waals surface area contributed by atoms with Gasteiger partial charge in [0.05, 0.1) is 18.7 Å². The summed E-state index contributed by atoms with van der Waals surface area (Å²) in [7, 11) is 3.35. The molecule has 0 aromatic carbocycles. The summed E-state index contributed by atoms with van der Waals surface area (Å²) >= 11 is 0. The van der Waals surface area contributed by atoms with E-state index in [1.165, 1.54) is 7.11 Å². The fourth-order valence-corrected chi connectivity index (χ4v) is 3.67. The van der Waals surface area contributed by atoms with E-state index in [0.29, 0.717) is 25.9 Å². The van der Waals surface area contributed by atoms with Crippen molar-refractivity contribution < 1.29 is 14.3 Å². The summed E-state index contributed by atoms with van der Waals surface area (Å²) < 4.78 is 6.73. The predicted octanol–water partition coefficient (Wildman–Crippen LogP) is 1.87. The molecule has 6 heteroatoms. The molecule has 0 spiro atoms. The molecule has 3 atom stereocenters. The van der Waals surface area contributed by atoms with Crippen LogP contribution in [0.25, 0.3) is 0 Å². The Balaban J connectivity index is 2.00. The summed E-state index contributed by atoms with van der Waals surface area (Å²) in [5, 5.41) is 4.43. The number of methoxy groups -OCH3 is 1. The molecule has 0 bridgehead atoms. The number of likely N-dealkylation sites (tertiary alicyclic amines) is 1. The number of esters is 1. The average Bonchev–Trinajstić information content (AvgIpc) is 2.79. The number of nitrogens with zero attached hydrogens (tertiary/aromatic N) is 3. The van der Waals surface area contributed by atoms with Crippen LogP contribution in [-0.2, 0) is 27.8 Å². The molecule has 1 aromatic heterocycles. The molecule has 1 fully saturated rings. The summed E-state index contributed by atoms with van der Waals surface area (Å²) in [4.78, 5) is 26.5. The van der Waals surface area contributed by atoms with E-state index in [0.717, 1.165) is 17.0 Å². The van der Waals surface area contributed by atoms with Crippen LogP contribution in [-0.4, -0.2) is 46.8 Å². The Morgan fingerprint density at radius 3 is 2.54 bits per heavy atom. The SMILES string of the molecule is COC(=O)[C@@H]1CCN(C(=O)[C@H](C)Cc2c(C)nn(C)c2C)C[C@@H]1C. The minimum Gasteiger partial charge on any atom is -0.469 e. The molecule has 1 amide bonds.